The molecule has 0 aromatic heterocycles. The minimum absolute atomic E-state index is 0.0892. The number of rotatable bonds is 3. The molecule has 0 fully saturated rings. The Morgan fingerprint density at radius 1 is 0.900 bits per heavy atom. The van der Waals surface area contributed by atoms with Gasteiger partial charge in [0.25, 0.3) is 0 Å². The standard InChI is InChI=1S/C14H12O4.C2H6/c15-10-3-1-9(2-4-10)7-13(17)12-6-5-11(16)8-14(12)18;1-2/h1-6,8,15-16,18H,7H2;1-2H3. The summed E-state index contributed by atoms with van der Waals surface area (Å²) >= 11 is 0. The molecule has 0 saturated carbocycles. The lowest BCUT2D eigenvalue weighted by atomic mass is 10.0. The summed E-state index contributed by atoms with van der Waals surface area (Å²) in [5.41, 5.74) is 0.908. The number of ketones is 1. The first-order valence-electron chi connectivity index (χ1n) is 6.39. The SMILES string of the molecule is CC.O=C(Cc1ccc(O)cc1)c1ccc(O)cc1O. The lowest BCUT2D eigenvalue weighted by molar-refractivity contribution is 0.0990. The molecule has 20 heavy (non-hydrogen) atoms. The molecule has 2 aromatic rings. The van der Waals surface area contributed by atoms with Crippen LogP contribution in [-0.2, 0) is 6.42 Å². The first kappa shape index (κ1) is 15.6. The maximum atomic E-state index is 11.9. The van der Waals surface area contributed by atoms with Crippen molar-refractivity contribution in [1.29, 1.82) is 0 Å². The van der Waals surface area contributed by atoms with Gasteiger partial charge in [-0.15, -0.1) is 0 Å². The Balaban J connectivity index is 0.000000956. The number of carbonyl (C=O) groups is 1. The van der Waals surface area contributed by atoms with Gasteiger partial charge in [0.1, 0.15) is 17.2 Å². The topological polar surface area (TPSA) is 77.8 Å². The van der Waals surface area contributed by atoms with Gasteiger partial charge < -0.3 is 15.3 Å². The molecule has 4 heteroatoms. The summed E-state index contributed by atoms with van der Waals surface area (Å²) in [7, 11) is 0. The van der Waals surface area contributed by atoms with Crippen molar-refractivity contribution in [3.8, 4) is 17.2 Å². The summed E-state index contributed by atoms with van der Waals surface area (Å²) in [6, 6.07) is 10.1. The predicted octanol–water partition coefficient (Wildman–Crippen LogP) is 3.26. The molecule has 0 amide bonds. The fraction of sp³-hybridized carbons (Fsp3) is 0.188. The third-order valence-corrected chi connectivity index (χ3v) is 2.58. The van der Waals surface area contributed by atoms with Gasteiger partial charge in [0, 0.05) is 12.5 Å². The summed E-state index contributed by atoms with van der Waals surface area (Å²) in [4.78, 5) is 11.9. The highest BCUT2D eigenvalue weighted by Crippen LogP contribution is 2.24. The van der Waals surface area contributed by atoms with Crippen molar-refractivity contribution in [1.82, 2.24) is 0 Å². The third kappa shape index (κ3) is 4.02. The summed E-state index contributed by atoms with van der Waals surface area (Å²) in [6.07, 6.45) is 0.124. The van der Waals surface area contributed by atoms with Gasteiger partial charge in [-0.05, 0) is 29.8 Å². The van der Waals surface area contributed by atoms with Crippen molar-refractivity contribution in [2.45, 2.75) is 20.3 Å². The normalized spacial score (nSPS) is 9.50. The van der Waals surface area contributed by atoms with Crippen molar-refractivity contribution in [2.75, 3.05) is 0 Å². The zero-order valence-corrected chi connectivity index (χ0v) is 11.5. The Kier molecular flexibility index (Phi) is 5.59. The van der Waals surface area contributed by atoms with Gasteiger partial charge >= 0.3 is 0 Å². The average Bonchev–Trinajstić information content (AvgIpc) is 2.43. The van der Waals surface area contributed by atoms with E-state index in [0.29, 0.717) is 0 Å². The summed E-state index contributed by atoms with van der Waals surface area (Å²) in [5.74, 6) is -0.440. The van der Waals surface area contributed by atoms with Gasteiger partial charge in [-0.1, -0.05) is 26.0 Å². The Bertz CT molecular complexity index is 574. The van der Waals surface area contributed by atoms with Crippen molar-refractivity contribution in [2.24, 2.45) is 0 Å². The summed E-state index contributed by atoms with van der Waals surface area (Å²) < 4.78 is 0. The number of Topliss-reactive ketones (excluding diaryl/α,β-unsaturated/α-hetero) is 1. The van der Waals surface area contributed by atoms with Crippen LogP contribution in [0.25, 0.3) is 0 Å². The lowest BCUT2D eigenvalue weighted by Gasteiger charge is -2.04. The molecule has 0 spiro atoms. The van der Waals surface area contributed by atoms with E-state index < -0.39 is 0 Å². The largest absolute Gasteiger partial charge is 0.508 e. The van der Waals surface area contributed by atoms with Gasteiger partial charge in [-0.2, -0.15) is 0 Å². The molecule has 0 aliphatic heterocycles. The predicted molar refractivity (Wildman–Crippen MR) is 77.3 cm³/mol. The molecule has 0 bridgehead atoms. The van der Waals surface area contributed by atoms with E-state index >= 15 is 0 Å². The third-order valence-electron chi connectivity index (χ3n) is 2.58. The summed E-state index contributed by atoms with van der Waals surface area (Å²) in [6.45, 7) is 4.00. The average molecular weight is 274 g/mol. The molecule has 2 aromatic carbocycles. The first-order chi connectivity index (χ1) is 9.56. The number of benzene rings is 2. The number of hydrogen-bond acceptors (Lipinski definition) is 4. The lowest BCUT2D eigenvalue weighted by Crippen LogP contribution is -2.03. The summed E-state index contributed by atoms with van der Waals surface area (Å²) in [5, 5.41) is 27.8. The van der Waals surface area contributed by atoms with Gasteiger partial charge in [0.2, 0.25) is 0 Å². The Hall–Kier alpha value is -2.49. The molecule has 4 nitrogen and oxygen atoms in total. The van der Waals surface area contributed by atoms with Crippen LogP contribution in [0.3, 0.4) is 0 Å². The fourth-order valence-corrected chi connectivity index (χ4v) is 1.65. The van der Waals surface area contributed by atoms with E-state index in [4.69, 9.17) is 10.2 Å². The van der Waals surface area contributed by atoms with Crippen LogP contribution in [0.2, 0.25) is 0 Å². The monoisotopic (exact) mass is 274 g/mol. The molecule has 0 radical (unpaired) electrons. The van der Waals surface area contributed by atoms with Crippen molar-refractivity contribution >= 4 is 5.78 Å². The highest BCUT2D eigenvalue weighted by atomic mass is 16.3. The molecule has 0 aliphatic carbocycles. The molecular formula is C16H18O4. The number of carbonyl (C=O) groups excluding carboxylic acids is 1. The second-order valence-corrected chi connectivity index (χ2v) is 3.97. The van der Waals surface area contributed by atoms with E-state index in [0.717, 1.165) is 11.6 Å². The van der Waals surface area contributed by atoms with E-state index in [1.54, 1.807) is 12.1 Å². The molecule has 3 N–H and O–H groups in total. The molecule has 0 unspecified atom stereocenters. The van der Waals surface area contributed by atoms with Gasteiger partial charge in [0.15, 0.2) is 5.78 Å². The molecule has 0 heterocycles. The van der Waals surface area contributed by atoms with E-state index in [9.17, 15) is 9.90 Å². The molecule has 0 atom stereocenters. The maximum absolute atomic E-state index is 11.9. The number of phenolic OH excluding ortho intramolecular Hbond substituents is 3. The number of phenols is 3. The van der Waals surface area contributed by atoms with E-state index in [-0.39, 0.29) is 35.0 Å². The maximum Gasteiger partial charge on any atom is 0.170 e. The van der Waals surface area contributed by atoms with Gasteiger partial charge in [-0.25, -0.2) is 0 Å². The van der Waals surface area contributed by atoms with Crippen molar-refractivity contribution in [3.63, 3.8) is 0 Å². The molecule has 106 valence electrons. The number of hydrogen-bond donors (Lipinski definition) is 3. The number of aromatic hydroxyl groups is 3. The Labute approximate surface area is 117 Å². The fourth-order valence-electron chi connectivity index (χ4n) is 1.65. The van der Waals surface area contributed by atoms with Crippen LogP contribution in [0.5, 0.6) is 17.2 Å². The first-order valence-corrected chi connectivity index (χ1v) is 6.39. The quantitative estimate of drug-likeness (QED) is 0.751. The van der Waals surface area contributed by atoms with Crippen molar-refractivity contribution in [3.05, 3.63) is 53.6 Å². The minimum Gasteiger partial charge on any atom is -0.508 e. The Morgan fingerprint density at radius 2 is 1.45 bits per heavy atom. The highest BCUT2D eigenvalue weighted by Gasteiger charge is 2.12. The Morgan fingerprint density at radius 3 is 2.00 bits per heavy atom. The van der Waals surface area contributed by atoms with Crippen LogP contribution >= 0.6 is 0 Å². The van der Waals surface area contributed by atoms with Crippen LogP contribution in [0.15, 0.2) is 42.5 Å². The van der Waals surface area contributed by atoms with Crippen molar-refractivity contribution < 1.29 is 20.1 Å². The van der Waals surface area contributed by atoms with Gasteiger partial charge in [0.05, 0.1) is 5.56 Å². The van der Waals surface area contributed by atoms with Gasteiger partial charge in [-0.3, -0.25) is 4.79 Å². The minimum atomic E-state index is -0.252. The second kappa shape index (κ2) is 7.19. The van der Waals surface area contributed by atoms with E-state index in [1.807, 2.05) is 13.8 Å². The van der Waals surface area contributed by atoms with Crippen LogP contribution in [0.1, 0.15) is 29.8 Å². The molecule has 0 saturated heterocycles. The zero-order valence-electron chi connectivity index (χ0n) is 11.5. The molecule has 0 aliphatic rings. The zero-order chi connectivity index (χ0) is 15.1. The smallest absolute Gasteiger partial charge is 0.170 e. The van der Waals surface area contributed by atoms with E-state index in [2.05, 4.69) is 0 Å². The van der Waals surface area contributed by atoms with E-state index in [1.165, 1.54) is 24.3 Å². The van der Waals surface area contributed by atoms with Crippen LogP contribution < -0.4 is 0 Å². The highest BCUT2D eigenvalue weighted by molar-refractivity contribution is 6.00. The van der Waals surface area contributed by atoms with Crippen LogP contribution in [0, 0.1) is 0 Å². The van der Waals surface area contributed by atoms with Crippen LogP contribution in [0.4, 0.5) is 0 Å². The second-order valence-electron chi connectivity index (χ2n) is 3.97. The molecule has 2 rings (SSSR count). The van der Waals surface area contributed by atoms with Crippen LogP contribution in [-0.4, -0.2) is 21.1 Å². The molecular weight excluding hydrogens is 256 g/mol.